The molecule has 2 nitrogen and oxygen atoms in total. The summed E-state index contributed by atoms with van der Waals surface area (Å²) >= 11 is 0. The molecule has 0 aliphatic rings. The third kappa shape index (κ3) is 7.02. The van der Waals surface area contributed by atoms with Gasteiger partial charge in [-0.25, -0.2) is 0 Å². The van der Waals surface area contributed by atoms with Crippen molar-refractivity contribution >= 4 is 0 Å². The largest absolute Gasteiger partial charge is 0.507 e. The minimum absolute atomic E-state index is 0.155. The quantitative estimate of drug-likeness (QED) is 0.335. The van der Waals surface area contributed by atoms with E-state index in [0.717, 1.165) is 35.1 Å². The van der Waals surface area contributed by atoms with E-state index >= 15 is 0 Å². The zero-order valence-corrected chi connectivity index (χ0v) is 28.7. The second-order valence-corrected chi connectivity index (χ2v) is 16.5. The first-order valence-electron chi connectivity index (χ1n) is 15.2. The second kappa shape index (κ2) is 10.8. The maximum absolute atomic E-state index is 11.3. The molecule has 3 rings (SSSR count). The number of phenols is 2. The molecule has 0 radical (unpaired) electrons. The van der Waals surface area contributed by atoms with Gasteiger partial charge in [-0.2, -0.15) is 0 Å². The molecule has 3 aromatic carbocycles. The molecule has 3 aromatic rings. The zero-order valence-electron chi connectivity index (χ0n) is 28.7. The van der Waals surface area contributed by atoms with Crippen molar-refractivity contribution in [3.05, 3.63) is 91.5 Å². The Morgan fingerprint density at radius 2 is 0.780 bits per heavy atom. The molecule has 0 spiro atoms. The van der Waals surface area contributed by atoms with Gasteiger partial charge in [-0.3, -0.25) is 0 Å². The van der Waals surface area contributed by atoms with Crippen molar-refractivity contribution in [3.63, 3.8) is 0 Å². The summed E-state index contributed by atoms with van der Waals surface area (Å²) in [7, 11) is 0. The predicted molar refractivity (Wildman–Crippen MR) is 177 cm³/mol. The lowest BCUT2D eigenvalue weighted by Crippen LogP contribution is -2.18. The molecular weight excluding hydrogens is 500 g/mol. The Bertz CT molecular complexity index is 1370. The van der Waals surface area contributed by atoms with Crippen molar-refractivity contribution in [1.82, 2.24) is 0 Å². The molecule has 0 bridgehead atoms. The van der Waals surface area contributed by atoms with Crippen molar-refractivity contribution in [2.45, 2.75) is 138 Å². The Morgan fingerprint density at radius 3 is 1.10 bits per heavy atom. The van der Waals surface area contributed by atoms with Crippen LogP contribution in [-0.4, -0.2) is 10.2 Å². The van der Waals surface area contributed by atoms with Crippen LogP contribution >= 0.6 is 0 Å². The summed E-state index contributed by atoms with van der Waals surface area (Å²) in [6.07, 6.45) is 1.65. The average molecular weight is 557 g/mol. The van der Waals surface area contributed by atoms with E-state index in [4.69, 9.17) is 0 Å². The summed E-state index contributed by atoms with van der Waals surface area (Å²) in [5.41, 5.74) is 12.6. The van der Waals surface area contributed by atoms with Gasteiger partial charge in [-0.05, 0) is 116 Å². The van der Waals surface area contributed by atoms with Crippen LogP contribution in [0.3, 0.4) is 0 Å². The van der Waals surface area contributed by atoms with Crippen LogP contribution in [0.25, 0.3) is 0 Å². The first-order chi connectivity index (χ1) is 18.4. The van der Waals surface area contributed by atoms with Crippen LogP contribution in [0.1, 0.15) is 144 Å². The summed E-state index contributed by atoms with van der Waals surface area (Å²) in [5.74, 6) is 0.867. The van der Waals surface area contributed by atoms with Gasteiger partial charge in [0.1, 0.15) is 11.5 Å². The van der Waals surface area contributed by atoms with Gasteiger partial charge in [-0.1, -0.05) is 113 Å². The Balaban J connectivity index is 2.19. The SMILES string of the molecule is Cc1cc(Cc2cc(C(C)(C)C)c(O)c(C(C)(C)C)c2)c(C)c(Cc2cc(C(C)(C)C)c(O)c(C(C)(C)C)c2)c1C. The van der Waals surface area contributed by atoms with Crippen LogP contribution in [-0.2, 0) is 34.5 Å². The molecule has 0 fully saturated rings. The summed E-state index contributed by atoms with van der Waals surface area (Å²) in [6.45, 7) is 32.8. The van der Waals surface area contributed by atoms with E-state index in [-0.39, 0.29) is 21.7 Å². The van der Waals surface area contributed by atoms with Crippen LogP contribution < -0.4 is 0 Å². The van der Waals surface area contributed by atoms with Gasteiger partial charge in [-0.15, -0.1) is 0 Å². The Labute approximate surface area is 251 Å². The number of rotatable bonds is 4. The van der Waals surface area contributed by atoms with E-state index < -0.39 is 0 Å². The maximum atomic E-state index is 11.3. The number of hydrogen-bond donors (Lipinski definition) is 2. The van der Waals surface area contributed by atoms with Gasteiger partial charge in [0, 0.05) is 0 Å². The van der Waals surface area contributed by atoms with Gasteiger partial charge < -0.3 is 10.2 Å². The molecule has 0 amide bonds. The van der Waals surface area contributed by atoms with Gasteiger partial charge in [0.25, 0.3) is 0 Å². The van der Waals surface area contributed by atoms with Crippen molar-refractivity contribution < 1.29 is 10.2 Å². The monoisotopic (exact) mass is 556 g/mol. The lowest BCUT2D eigenvalue weighted by atomic mass is 9.77. The summed E-state index contributed by atoms with van der Waals surface area (Å²) in [5, 5.41) is 22.5. The molecule has 41 heavy (non-hydrogen) atoms. The predicted octanol–water partition coefficient (Wildman–Crippen LogP) is 10.4. The molecule has 0 aromatic heterocycles. The Morgan fingerprint density at radius 1 is 0.463 bits per heavy atom. The fourth-order valence-corrected chi connectivity index (χ4v) is 5.94. The average Bonchev–Trinajstić information content (AvgIpc) is 2.79. The standard InChI is InChI=1S/C39H56O2/c1-23-16-28(17-26-19-30(36(4,5)6)34(40)31(20-26)37(7,8)9)25(3)29(24(23)2)18-27-21-32(38(10,11)12)35(41)33(22-27)39(13,14)15/h16,19-22,40-41H,17-18H2,1-15H3. The molecule has 0 aliphatic heterocycles. The van der Waals surface area contributed by atoms with E-state index in [2.05, 4.69) is 134 Å². The molecule has 0 unspecified atom stereocenters. The highest BCUT2D eigenvalue weighted by Crippen LogP contribution is 2.42. The van der Waals surface area contributed by atoms with Crippen molar-refractivity contribution in [2.24, 2.45) is 0 Å². The number of phenolic OH excluding ortho intramolecular Hbond substituents is 2. The highest BCUT2D eigenvalue weighted by molar-refractivity contribution is 5.55. The zero-order chi connectivity index (χ0) is 31.5. The number of hydrogen-bond acceptors (Lipinski definition) is 2. The molecule has 0 heterocycles. The number of benzene rings is 3. The van der Waals surface area contributed by atoms with Crippen LogP contribution in [0.4, 0.5) is 0 Å². The van der Waals surface area contributed by atoms with Crippen LogP contribution in [0.15, 0.2) is 30.3 Å². The first kappa shape index (κ1) is 32.8. The number of aromatic hydroxyl groups is 2. The Hall–Kier alpha value is -2.74. The second-order valence-electron chi connectivity index (χ2n) is 16.5. The van der Waals surface area contributed by atoms with Gasteiger partial charge >= 0.3 is 0 Å². The normalized spacial score (nSPS) is 13.1. The highest BCUT2D eigenvalue weighted by atomic mass is 16.3. The van der Waals surface area contributed by atoms with E-state index in [1.807, 2.05) is 0 Å². The summed E-state index contributed by atoms with van der Waals surface area (Å²) < 4.78 is 0. The Kier molecular flexibility index (Phi) is 8.66. The lowest BCUT2D eigenvalue weighted by Gasteiger charge is -2.29. The molecule has 2 heteroatoms. The minimum atomic E-state index is -0.156. The van der Waals surface area contributed by atoms with E-state index in [9.17, 15) is 10.2 Å². The molecule has 224 valence electrons. The molecular formula is C39H56O2. The van der Waals surface area contributed by atoms with Gasteiger partial charge in [0.05, 0.1) is 0 Å². The molecule has 0 saturated heterocycles. The molecule has 0 saturated carbocycles. The molecule has 0 aliphatic carbocycles. The third-order valence-corrected chi connectivity index (χ3v) is 8.72. The van der Waals surface area contributed by atoms with Crippen molar-refractivity contribution in [2.75, 3.05) is 0 Å². The molecule has 0 atom stereocenters. The van der Waals surface area contributed by atoms with Gasteiger partial charge in [0.2, 0.25) is 0 Å². The lowest BCUT2D eigenvalue weighted by molar-refractivity contribution is 0.422. The van der Waals surface area contributed by atoms with Gasteiger partial charge in [0.15, 0.2) is 0 Å². The van der Waals surface area contributed by atoms with Crippen molar-refractivity contribution in [3.8, 4) is 11.5 Å². The van der Waals surface area contributed by atoms with Crippen LogP contribution in [0, 0.1) is 20.8 Å². The number of aryl methyl sites for hydroxylation is 1. The summed E-state index contributed by atoms with van der Waals surface area (Å²) in [6, 6.07) is 11.2. The maximum Gasteiger partial charge on any atom is 0.123 e. The topological polar surface area (TPSA) is 40.5 Å². The van der Waals surface area contributed by atoms with E-state index in [1.54, 1.807) is 0 Å². The highest BCUT2D eigenvalue weighted by Gasteiger charge is 2.28. The minimum Gasteiger partial charge on any atom is -0.507 e. The van der Waals surface area contributed by atoms with Crippen LogP contribution in [0.5, 0.6) is 11.5 Å². The van der Waals surface area contributed by atoms with Crippen molar-refractivity contribution in [1.29, 1.82) is 0 Å². The van der Waals surface area contributed by atoms with Crippen LogP contribution in [0.2, 0.25) is 0 Å². The first-order valence-corrected chi connectivity index (χ1v) is 15.2. The molecule has 2 N–H and O–H groups in total. The van der Waals surface area contributed by atoms with E-state index in [0.29, 0.717) is 11.5 Å². The fourth-order valence-electron chi connectivity index (χ4n) is 5.94. The summed E-state index contributed by atoms with van der Waals surface area (Å²) in [4.78, 5) is 0. The smallest absolute Gasteiger partial charge is 0.123 e. The third-order valence-electron chi connectivity index (χ3n) is 8.72. The van der Waals surface area contributed by atoms with E-state index in [1.165, 1.54) is 38.9 Å². The fraction of sp³-hybridized carbons (Fsp3) is 0.538.